The fraction of sp³-hybridized carbons (Fsp3) is 0.231. The molecule has 0 aliphatic heterocycles. The molecular weight excluding hydrogens is 397 g/mol. The van der Waals surface area contributed by atoms with E-state index in [9.17, 15) is 0 Å². The van der Waals surface area contributed by atoms with E-state index in [-0.39, 0.29) is 0 Å². The number of thiophene rings is 1. The van der Waals surface area contributed by atoms with Crippen molar-refractivity contribution in [2.24, 2.45) is 0 Å². The van der Waals surface area contributed by atoms with Gasteiger partial charge in [0.1, 0.15) is 0 Å². The highest BCUT2D eigenvalue weighted by atomic mass is 79.9. The lowest BCUT2D eigenvalue weighted by atomic mass is 10.1. The van der Waals surface area contributed by atoms with Crippen molar-refractivity contribution < 1.29 is 0 Å². The molecule has 1 aromatic carbocycles. The van der Waals surface area contributed by atoms with Crippen molar-refractivity contribution >= 4 is 54.8 Å². The lowest BCUT2D eigenvalue weighted by Gasteiger charge is -2.14. The highest BCUT2D eigenvalue weighted by molar-refractivity contribution is 9.11. The minimum Gasteiger partial charge on any atom is -0.312 e. The average molecular weight is 410 g/mol. The van der Waals surface area contributed by atoms with Gasteiger partial charge in [0.25, 0.3) is 0 Å². The Morgan fingerprint density at radius 1 is 1.28 bits per heavy atom. The normalized spacial score (nSPS) is 12.7. The number of benzene rings is 1. The molecule has 1 aromatic heterocycles. The fourth-order valence-electron chi connectivity index (χ4n) is 1.74. The van der Waals surface area contributed by atoms with Crippen LogP contribution in [0.4, 0.5) is 0 Å². The summed E-state index contributed by atoms with van der Waals surface area (Å²) in [5, 5.41) is 4.12. The van der Waals surface area contributed by atoms with Crippen LogP contribution in [0.25, 0.3) is 0 Å². The second kappa shape index (κ2) is 6.53. The van der Waals surface area contributed by atoms with E-state index in [1.165, 1.54) is 10.4 Å². The van der Waals surface area contributed by atoms with Gasteiger partial charge in [-0.2, -0.15) is 0 Å². The van der Waals surface area contributed by atoms with Crippen LogP contribution in [-0.4, -0.2) is 7.05 Å². The molecule has 0 fully saturated rings. The van der Waals surface area contributed by atoms with Gasteiger partial charge in [-0.05, 0) is 53.2 Å². The molecule has 18 heavy (non-hydrogen) atoms. The van der Waals surface area contributed by atoms with E-state index in [1.807, 2.05) is 13.1 Å². The summed E-state index contributed by atoms with van der Waals surface area (Å²) in [6.45, 7) is 0. The highest BCUT2D eigenvalue weighted by Gasteiger charge is 2.14. The van der Waals surface area contributed by atoms with Crippen molar-refractivity contribution in [1.82, 2.24) is 5.32 Å². The first-order valence-electron chi connectivity index (χ1n) is 5.46. The first-order chi connectivity index (χ1) is 8.60. The van der Waals surface area contributed by atoms with Gasteiger partial charge in [-0.15, -0.1) is 11.3 Å². The first kappa shape index (κ1) is 14.5. The molecule has 5 heteroatoms. The van der Waals surface area contributed by atoms with Gasteiger partial charge in [-0.3, -0.25) is 0 Å². The summed E-state index contributed by atoms with van der Waals surface area (Å²) in [5.41, 5.74) is 1.30. The van der Waals surface area contributed by atoms with Gasteiger partial charge in [-0.1, -0.05) is 39.7 Å². The molecule has 1 unspecified atom stereocenters. The number of nitrogens with one attached hydrogen (secondary N) is 1. The maximum absolute atomic E-state index is 6.08. The van der Waals surface area contributed by atoms with Crippen LogP contribution < -0.4 is 5.32 Å². The van der Waals surface area contributed by atoms with Crippen LogP contribution >= 0.6 is 54.8 Å². The van der Waals surface area contributed by atoms with Crippen LogP contribution in [0.5, 0.6) is 0 Å². The van der Waals surface area contributed by atoms with Crippen molar-refractivity contribution in [2.75, 3.05) is 7.05 Å². The molecule has 0 saturated heterocycles. The minimum atomic E-state index is 0.292. The molecule has 0 saturated carbocycles. The highest BCUT2D eigenvalue weighted by Crippen LogP contribution is 2.36. The number of likely N-dealkylation sites (N-methyl/N-ethyl adjacent to an activating group) is 1. The second-order valence-corrected chi connectivity index (χ2v) is 7.67. The van der Waals surface area contributed by atoms with E-state index in [4.69, 9.17) is 11.6 Å². The number of hydrogen-bond donors (Lipinski definition) is 1. The third-order valence-electron chi connectivity index (χ3n) is 2.71. The predicted molar refractivity (Wildman–Crippen MR) is 86.7 cm³/mol. The Hall–Kier alpha value is 0.130. The van der Waals surface area contributed by atoms with E-state index >= 15 is 0 Å². The van der Waals surface area contributed by atoms with Crippen molar-refractivity contribution in [3.05, 3.63) is 54.1 Å². The summed E-state index contributed by atoms with van der Waals surface area (Å²) >= 11 is 14.7. The Kier molecular flexibility index (Phi) is 5.27. The van der Waals surface area contributed by atoms with Gasteiger partial charge in [0.15, 0.2) is 0 Å². The molecule has 0 aliphatic rings. The summed E-state index contributed by atoms with van der Waals surface area (Å²) < 4.78 is 2.10. The van der Waals surface area contributed by atoms with E-state index < -0.39 is 0 Å². The van der Waals surface area contributed by atoms with Crippen LogP contribution in [-0.2, 0) is 6.42 Å². The number of halogens is 3. The minimum absolute atomic E-state index is 0.292. The van der Waals surface area contributed by atoms with Gasteiger partial charge in [0.05, 0.1) is 8.81 Å². The Bertz CT molecular complexity index is 505. The summed E-state index contributed by atoms with van der Waals surface area (Å²) in [4.78, 5) is 1.25. The Morgan fingerprint density at radius 3 is 2.44 bits per heavy atom. The van der Waals surface area contributed by atoms with Gasteiger partial charge >= 0.3 is 0 Å². The third-order valence-corrected chi connectivity index (χ3v) is 5.83. The molecule has 0 spiro atoms. The molecule has 0 radical (unpaired) electrons. The quantitative estimate of drug-likeness (QED) is 0.710. The van der Waals surface area contributed by atoms with Crippen molar-refractivity contribution in [3.63, 3.8) is 0 Å². The van der Waals surface area contributed by atoms with E-state index in [0.717, 1.165) is 19.7 Å². The fourth-order valence-corrected chi connectivity index (χ4v) is 3.86. The van der Waals surface area contributed by atoms with Gasteiger partial charge < -0.3 is 5.32 Å². The second-order valence-electron chi connectivity index (χ2n) is 3.94. The van der Waals surface area contributed by atoms with Crippen LogP contribution in [0.2, 0.25) is 5.02 Å². The van der Waals surface area contributed by atoms with Crippen molar-refractivity contribution in [2.45, 2.75) is 12.5 Å². The molecule has 1 nitrogen and oxygen atoms in total. The smallest absolute Gasteiger partial charge is 0.0887 e. The number of hydrogen-bond acceptors (Lipinski definition) is 2. The molecule has 2 aromatic rings. The lowest BCUT2D eigenvalue weighted by Crippen LogP contribution is -2.17. The molecular formula is C13H12Br2ClNS. The van der Waals surface area contributed by atoms with Crippen molar-refractivity contribution in [1.29, 1.82) is 0 Å². The standard InChI is InChI=1S/C13H12Br2ClNS/c1-17-11(12-7-10(16)13(15)18-12)6-8-2-4-9(14)5-3-8/h2-5,7,11,17H,6H2,1H3. The van der Waals surface area contributed by atoms with Crippen LogP contribution in [0.1, 0.15) is 16.5 Å². The number of rotatable bonds is 4. The molecule has 1 heterocycles. The Labute approximate surface area is 133 Å². The van der Waals surface area contributed by atoms with Crippen LogP contribution in [0.3, 0.4) is 0 Å². The van der Waals surface area contributed by atoms with Gasteiger partial charge in [-0.25, -0.2) is 0 Å². The third kappa shape index (κ3) is 3.58. The zero-order valence-corrected chi connectivity index (χ0v) is 14.5. The zero-order chi connectivity index (χ0) is 13.1. The summed E-state index contributed by atoms with van der Waals surface area (Å²) in [6, 6.07) is 10.7. The van der Waals surface area contributed by atoms with Crippen molar-refractivity contribution in [3.8, 4) is 0 Å². The molecule has 96 valence electrons. The molecule has 2 rings (SSSR count). The molecule has 0 aliphatic carbocycles. The van der Waals surface area contributed by atoms with Gasteiger partial charge in [0.2, 0.25) is 0 Å². The molecule has 0 bridgehead atoms. The Morgan fingerprint density at radius 2 is 1.94 bits per heavy atom. The van der Waals surface area contributed by atoms with E-state index in [1.54, 1.807) is 11.3 Å². The molecule has 0 amide bonds. The van der Waals surface area contributed by atoms with Crippen LogP contribution in [0.15, 0.2) is 38.6 Å². The average Bonchev–Trinajstić information content (AvgIpc) is 2.69. The largest absolute Gasteiger partial charge is 0.312 e. The van der Waals surface area contributed by atoms with E-state index in [2.05, 4.69) is 61.4 Å². The molecule has 1 N–H and O–H groups in total. The lowest BCUT2D eigenvalue weighted by molar-refractivity contribution is 0.602. The van der Waals surface area contributed by atoms with Crippen LogP contribution in [0, 0.1) is 0 Å². The zero-order valence-electron chi connectivity index (χ0n) is 9.71. The van der Waals surface area contributed by atoms with Gasteiger partial charge in [0, 0.05) is 15.4 Å². The Balaban J connectivity index is 2.16. The topological polar surface area (TPSA) is 12.0 Å². The monoisotopic (exact) mass is 407 g/mol. The maximum atomic E-state index is 6.08. The summed E-state index contributed by atoms with van der Waals surface area (Å²) in [5.74, 6) is 0. The molecule has 1 atom stereocenters. The first-order valence-corrected chi connectivity index (χ1v) is 8.24. The summed E-state index contributed by atoms with van der Waals surface area (Å²) in [7, 11) is 1.98. The van der Waals surface area contributed by atoms with E-state index in [0.29, 0.717) is 6.04 Å². The predicted octanol–water partition coefficient (Wildman–Crippen LogP) is 5.43. The maximum Gasteiger partial charge on any atom is 0.0887 e. The SMILES string of the molecule is CNC(Cc1ccc(Br)cc1)c1cc(Cl)c(Br)s1. The summed E-state index contributed by atoms with van der Waals surface area (Å²) in [6.07, 6.45) is 0.951.